The van der Waals surface area contributed by atoms with E-state index in [-0.39, 0.29) is 6.42 Å². The van der Waals surface area contributed by atoms with Gasteiger partial charge in [-0.3, -0.25) is 0 Å². The van der Waals surface area contributed by atoms with Gasteiger partial charge in [0.05, 0.1) is 18.0 Å². The van der Waals surface area contributed by atoms with Crippen molar-refractivity contribution in [1.29, 1.82) is 0 Å². The molecule has 1 aliphatic rings. The summed E-state index contributed by atoms with van der Waals surface area (Å²) in [6.07, 6.45) is 4.98. The van der Waals surface area contributed by atoms with Crippen molar-refractivity contribution in [3.05, 3.63) is 0 Å². The van der Waals surface area contributed by atoms with Crippen molar-refractivity contribution in [3.8, 4) is 0 Å². The van der Waals surface area contributed by atoms with Crippen molar-refractivity contribution < 1.29 is 18.6 Å². The van der Waals surface area contributed by atoms with Gasteiger partial charge in [-0.25, -0.2) is 13.6 Å². The largest absolute Gasteiger partial charge is 0.393 e. The third kappa shape index (κ3) is 6.98. The highest BCUT2D eigenvalue weighted by molar-refractivity contribution is 7.89. The van der Waals surface area contributed by atoms with E-state index >= 15 is 0 Å². The van der Waals surface area contributed by atoms with Crippen LogP contribution >= 0.6 is 0 Å². The number of nitrogens with two attached hydrogens (primary N) is 1. The molecule has 102 valence electrons. The first-order chi connectivity index (χ1) is 7.87. The summed E-state index contributed by atoms with van der Waals surface area (Å²) in [5.74, 6) is 0.0368. The van der Waals surface area contributed by atoms with E-state index < -0.39 is 28.0 Å². The van der Waals surface area contributed by atoms with Gasteiger partial charge in [0, 0.05) is 6.42 Å². The maximum absolute atomic E-state index is 10.7. The molecule has 0 amide bonds. The number of sulfonamides is 1. The molecule has 0 saturated heterocycles. The topological polar surface area (TPSA) is 101 Å². The molecule has 1 aliphatic carbocycles. The molecule has 2 unspecified atom stereocenters. The van der Waals surface area contributed by atoms with Gasteiger partial charge in [0.25, 0.3) is 0 Å². The summed E-state index contributed by atoms with van der Waals surface area (Å²) in [5, 5.41) is 24.1. The Morgan fingerprint density at radius 3 is 2.24 bits per heavy atom. The molecular weight excluding hydrogens is 242 g/mol. The Hall–Kier alpha value is -0.170. The summed E-state index contributed by atoms with van der Waals surface area (Å²) in [6, 6.07) is 0. The van der Waals surface area contributed by atoms with E-state index in [0.717, 1.165) is 12.8 Å². The van der Waals surface area contributed by atoms with Crippen LogP contribution < -0.4 is 5.14 Å². The van der Waals surface area contributed by atoms with Crippen LogP contribution in [0.4, 0.5) is 0 Å². The maximum atomic E-state index is 10.7. The Bertz CT molecular complexity index is 311. The molecule has 0 aromatic carbocycles. The zero-order chi connectivity index (χ0) is 12.9. The van der Waals surface area contributed by atoms with E-state index in [1.54, 1.807) is 0 Å². The van der Waals surface area contributed by atoms with E-state index in [1.165, 1.54) is 19.3 Å². The van der Waals surface area contributed by atoms with E-state index in [4.69, 9.17) is 5.14 Å². The molecule has 4 N–H and O–H groups in total. The third-order valence-corrected chi connectivity index (χ3v) is 4.15. The fourth-order valence-electron chi connectivity index (χ4n) is 2.55. The second-order valence-electron chi connectivity index (χ2n) is 5.11. The lowest BCUT2D eigenvalue weighted by atomic mass is 9.84. The molecule has 1 rings (SSSR count). The Labute approximate surface area is 103 Å². The Morgan fingerprint density at radius 1 is 1.12 bits per heavy atom. The van der Waals surface area contributed by atoms with Crippen molar-refractivity contribution in [2.75, 3.05) is 5.75 Å². The fourth-order valence-corrected chi connectivity index (χ4v) is 3.23. The maximum Gasteiger partial charge on any atom is 0.211 e. The fraction of sp³-hybridized carbons (Fsp3) is 1.00. The molecule has 17 heavy (non-hydrogen) atoms. The van der Waals surface area contributed by atoms with E-state index in [9.17, 15) is 18.6 Å². The zero-order valence-corrected chi connectivity index (χ0v) is 10.9. The highest BCUT2D eigenvalue weighted by atomic mass is 32.2. The van der Waals surface area contributed by atoms with E-state index in [2.05, 4.69) is 0 Å². The lowest BCUT2D eigenvalue weighted by molar-refractivity contribution is 0.0698. The van der Waals surface area contributed by atoms with E-state index in [1.807, 2.05) is 0 Å². The van der Waals surface area contributed by atoms with Crippen LogP contribution in [0.3, 0.4) is 0 Å². The molecule has 0 aromatic heterocycles. The van der Waals surface area contributed by atoms with Gasteiger partial charge in [-0.05, 0) is 12.3 Å². The van der Waals surface area contributed by atoms with Crippen LogP contribution in [0.15, 0.2) is 0 Å². The van der Waals surface area contributed by atoms with Crippen LogP contribution in [0.25, 0.3) is 0 Å². The number of hydrogen-bond donors (Lipinski definition) is 3. The van der Waals surface area contributed by atoms with E-state index in [0.29, 0.717) is 12.3 Å². The predicted molar refractivity (Wildman–Crippen MR) is 65.8 cm³/mol. The van der Waals surface area contributed by atoms with Gasteiger partial charge >= 0.3 is 0 Å². The van der Waals surface area contributed by atoms with Crippen molar-refractivity contribution in [3.63, 3.8) is 0 Å². The molecule has 0 bridgehead atoms. The number of aliphatic hydroxyl groups is 2. The number of rotatable bonds is 6. The number of hydrogen-bond acceptors (Lipinski definition) is 4. The summed E-state index contributed by atoms with van der Waals surface area (Å²) in [4.78, 5) is 0. The summed E-state index contributed by atoms with van der Waals surface area (Å²) in [7, 11) is -3.66. The molecule has 1 fully saturated rings. The minimum absolute atomic E-state index is 0.0902. The zero-order valence-electron chi connectivity index (χ0n) is 10.1. The molecule has 1 saturated carbocycles. The van der Waals surface area contributed by atoms with Crippen molar-refractivity contribution in [2.45, 2.75) is 57.2 Å². The Kier molecular flexibility index (Phi) is 5.85. The first-order valence-corrected chi connectivity index (χ1v) is 7.95. The summed E-state index contributed by atoms with van der Waals surface area (Å²) in [6.45, 7) is 0. The Morgan fingerprint density at radius 2 is 1.71 bits per heavy atom. The minimum Gasteiger partial charge on any atom is -0.393 e. The van der Waals surface area contributed by atoms with Crippen LogP contribution in [-0.2, 0) is 10.0 Å². The monoisotopic (exact) mass is 265 g/mol. The molecule has 0 heterocycles. The smallest absolute Gasteiger partial charge is 0.211 e. The molecule has 0 spiro atoms. The normalized spacial score (nSPS) is 22.3. The van der Waals surface area contributed by atoms with Crippen LogP contribution in [0.1, 0.15) is 44.9 Å². The minimum atomic E-state index is -3.66. The lowest BCUT2D eigenvalue weighted by Crippen LogP contribution is -2.30. The standard InChI is InChI=1S/C11H23NO4S/c12-17(15,16)8-11(14)7-10(13)6-9-4-2-1-3-5-9/h9-11,13-14H,1-8H2,(H2,12,15,16). The van der Waals surface area contributed by atoms with Crippen LogP contribution in [-0.4, -0.2) is 36.6 Å². The van der Waals surface area contributed by atoms with Gasteiger partial charge in [0.1, 0.15) is 0 Å². The lowest BCUT2D eigenvalue weighted by Gasteiger charge is -2.24. The van der Waals surface area contributed by atoms with Crippen LogP contribution in [0.5, 0.6) is 0 Å². The molecule has 0 radical (unpaired) electrons. The van der Waals surface area contributed by atoms with Gasteiger partial charge < -0.3 is 10.2 Å². The van der Waals surface area contributed by atoms with Gasteiger partial charge in [-0.1, -0.05) is 32.1 Å². The number of primary sulfonamides is 1. The molecule has 0 aromatic rings. The highest BCUT2D eigenvalue weighted by Gasteiger charge is 2.21. The van der Waals surface area contributed by atoms with Gasteiger partial charge in [0.15, 0.2) is 0 Å². The van der Waals surface area contributed by atoms with Gasteiger partial charge in [0.2, 0.25) is 10.0 Å². The van der Waals surface area contributed by atoms with Crippen LogP contribution in [0, 0.1) is 5.92 Å². The van der Waals surface area contributed by atoms with Gasteiger partial charge in [-0.15, -0.1) is 0 Å². The molecule has 6 heteroatoms. The molecule has 0 aliphatic heterocycles. The second-order valence-corrected chi connectivity index (χ2v) is 6.77. The summed E-state index contributed by atoms with van der Waals surface area (Å²) < 4.78 is 21.5. The average Bonchev–Trinajstić information content (AvgIpc) is 2.15. The third-order valence-electron chi connectivity index (χ3n) is 3.30. The first-order valence-electron chi connectivity index (χ1n) is 6.23. The predicted octanol–water partition coefficient (Wildman–Crippen LogP) is 0.357. The summed E-state index contributed by atoms with van der Waals surface area (Å²) in [5.41, 5.74) is 0. The highest BCUT2D eigenvalue weighted by Crippen LogP contribution is 2.28. The van der Waals surface area contributed by atoms with Crippen molar-refractivity contribution >= 4 is 10.0 Å². The Balaban J connectivity index is 2.25. The van der Waals surface area contributed by atoms with Crippen molar-refractivity contribution in [1.82, 2.24) is 0 Å². The molecule has 5 nitrogen and oxygen atoms in total. The van der Waals surface area contributed by atoms with Crippen molar-refractivity contribution in [2.24, 2.45) is 11.1 Å². The average molecular weight is 265 g/mol. The SMILES string of the molecule is NS(=O)(=O)CC(O)CC(O)CC1CCCCC1. The first kappa shape index (κ1) is 14.9. The quantitative estimate of drug-likeness (QED) is 0.645. The molecule has 2 atom stereocenters. The van der Waals surface area contributed by atoms with Crippen LogP contribution in [0.2, 0.25) is 0 Å². The molecular formula is C11H23NO4S. The van der Waals surface area contributed by atoms with Gasteiger partial charge in [-0.2, -0.15) is 0 Å². The summed E-state index contributed by atoms with van der Waals surface area (Å²) >= 11 is 0. The second kappa shape index (κ2) is 6.68. The number of aliphatic hydroxyl groups excluding tert-OH is 2.